The van der Waals surface area contributed by atoms with Crippen LogP contribution in [0.2, 0.25) is 0 Å². The minimum absolute atomic E-state index is 0.0553. The Morgan fingerprint density at radius 2 is 0.815 bits per heavy atom. The average Bonchev–Trinajstić information content (AvgIpc) is 3.08. The maximum atomic E-state index is 14.6. The van der Waals surface area contributed by atoms with Crippen molar-refractivity contribution in [1.29, 1.82) is 0 Å². The predicted molar refractivity (Wildman–Crippen MR) is 269 cm³/mol. The van der Waals surface area contributed by atoms with Crippen molar-refractivity contribution in [2.45, 2.75) is 238 Å². The van der Waals surface area contributed by atoms with Crippen LogP contribution in [-0.2, 0) is 44.1 Å². The van der Waals surface area contributed by atoms with Crippen LogP contribution in [0.15, 0.2) is 49.6 Å². The van der Waals surface area contributed by atoms with E-state index >= 15 is 0 Å². The van der Waals surface area contributed by atoms with E-state index in [2.05, 4.69) is 124 Å². The van der Waals surface area contributed by atoms with Crippen molar-refractivity contribution in [3.63, 3.8) is 0 Å². The lowest BCUT2D eigenvalue weighted by molar-refractivity contribution is -0.221. The van der Waals surface area contributed by atoms with Crippen molar-refractivity contribution in [1.82, 2.24) is 9.80 Å². The third-order valence-corrected chi connectivity index (χ3v) is 14.9. The molecule has 1 unspecified atom stereocenters. The molecule has 0 aromatic heterocycles. The molecule has 0 aliphatic carbocycles. The Morgan fingerprint density at radius 3 is 1.06 bits per heavy atom. The normalized spacial score (nSPS) is 20.6. The van der Waals surface area contributed by atoms with Crippen molar-refractivity contribution in [3.8, 4) is 11.5 Å². The van der Waals surface area contributed by atoms with E-state index in [1.807, 2.05) is 61.8 Å². The molecule has 2 fully saturated rings. The highest BCUT2D eigenvalue weighted by Gasteiger charge is 2.61. The molecular formula is C57H90N2O6. The van der Waals surface area contributed by atoms with Crippen LogP contribution in [0.5, 0.6) is 11.5 Å². The Labute approximate surface area is 395 Å². The fraction of sp³-hybridized carbons (Fsp3) is 0.684. The van der Waals surface area contributed by atoms with E-state index in [0.717, 1.165) is 33.4 Å². The molecular weight excluding hydrogens is 809 g/mol. The predicted octanol–water partition coefficient (Wildman–Crippen LogP) is 11.9. The van der Waals surface area contributed by atoms with Crippen molar-refractivity contribution in [2.75, 3.05) is 0 Å². The van der Waals surface area contributed by atoms with E-state index in [1.165, 1.54) is 12.2 Å². The molecule has 364 valence electrons. The van der Waals surface area contributed by atoms with Crippen LogP contribution in [0.1, 0.15) is 204 Å². The van der Waals surface area contributed by atoms with E-state index in [1.54, 1.807) is 0 Å². The number of hydrogen-bond acceptors (Lipinski definition) is 6. The number of carbonyl (C=O) groups is 2. The summed E-state index contributed by atoms with van der Waals surface area (Å²) >= 11 is 0. The maximum Gasteiger partial charge on any atom is 0.246 e. The van der Waals surface area contributed by atoms with Gasteiger partial charge in [0.2, 0.25) is 11.8 Å². The van der Waals surface area contributed by atoms with Crippen molar-refractivity contribution in [3.05, 3.63) is 83.0 Å². The molecule has 0 bridgehead atoms. The first-order valence-corrected chi connectivity index (χ1v) is 24.1. The largest absolute Gasteiger partial charge is 0.507 e. The lowest BCUT2D eigenvalue weighted by Gasteiger charge is -2.61. The molecule has 1 atom stereocenters. The van der Waals surface area contributed by atoms with Gasteiger partial charge in [-0.05, 0) is 167 Å². The van der Waals surface area contributed by atoms with Crippen LogP contribution >= 0.6 is 0 Å². The summed E-state index contributed by atoms with van der Waals surface area (Å²) in [6.45, 7) is 49.1. The number of aromatic hydroxyl groups is 2. The van der Waals surface area contributed by atoms with E-state index in [0.29, 0.717) is 25.7 Å². The standard InChI is InChI=1S/C57H90N2O6/c1-23-44(60)58-52(15,16)29-38(30-53(58,17)18)33-57(65,39-34-54(19,20)59(45(61)24-2)55(21,22)35-39)56(64,31-36-25-40(48(3,4)5)46(62)41(26-36)49(6,7)8)32-37-27-42(50(9,10)11)47(63)43(28-37)51(12,13)14/h23-28,38-39,62-65H,1-2,29-35H2,3-22H3. The summed E-state index contributed by atoms with van der Waals surface area (Å²) in [5.74, 6) is -0.474. The first-order valence-electron chi connectivity index (χ1n) is 24.1. The highest BCUT2D eigenvalue weighted by atomic mass is 16.4. The average molecular weight is 899 g/mol. The molecule has 4 N–H and O–H groups in total. The van der Waals surface area contributed by atoms with Gasteiger partial charge in [-0.1, -0.05) is 121 Å². The number of phenolic OH excluding ortho intramolecular Hbond substituents is 2. The van der Waals surface area contributed by atoms with Crippen molar-refractivity contribution < 1.29 is 30.0 Å². The molecule has 2 heterocycles. The Morgan fingerprint density at radius 1 is 0.554 bits per heavy atom. The summed E-state index contributed by atoms with van der Waals surface area (Å²) in [4.78, 5) is 31.1. The first kappa shape index (κ1) is 54.0. The molecule has 0 saturated carbocycles. The topological polar surface area (TPSA) is 122 Å². The Balaban J connectivity index is 2.18. The molecule has 65 heavy (non-hydrogen) atoms. The molecule has 2 aromatic carbocycles. The number of nitrogens with zero attached hydrogens (tertiary/aromatic N) is 2. The van der Waals surface area contributed by atoms with Gasteiger partial charge in [-0.3, -0.25) is 9.59 Å². The molecule has 0 spiro atoms. The molecule has 2 aliphatic heterocycles. The zero-order valence-corrected chi connectivity index (χ0v) is 44.5. The minimum atomic E-state index is -1.85. The van der Waals surface area contributed by atoms with Gasteiger partial charge in [0.25, 0.3) is 0 Å². The van der Waals surface area contributed by atoms with Crippen molar-refractivity contribution in [2.24, 2.45) is 11.8 Å². The van der Waals surface area contributed by atoms with Crippen LogP contribution < -0.4 is 0 Å². The Bertz CT molecular complexity index is 1960. The van der Waals surface area contributed by atoms with Crippen LogP contribution in [0.25, 0.3) is 0 Å². The monoisotopic (exact) mass is 899 g/mol. The number of piperidine rings is 2. The molecule has 8 heteroatoms. The number of benzene rings is 2. The van der Waals surface area contributed by atoms with Crippen LogP contribution in [0, 0.1) is 11.8 Å². The summed E-state index contributed by atoms with van der Waals surface area (Å²) < 4.78 is 0. The van der Waals surface area contributed by atoms with Gasteiger partial charge in [0.1, 0.15) is 17.1 Å². The molecule has 4 rings (SSSR count). The summed E-state index contributed by atoms with van der Waals surface area (Å²) in [5.41, 5.74) is -3.42. The molecule has 2 aliphatic rings. The second-order valence-corrected chi connectivity index (χ2v) is 27.0. The summed E-state index contributed by atoms with van der Waals surface area (Å²) in [7, 11) is 0. The lowest BCUT2D eigenvalue weighted by Crippen LogP contribution is -2.70. The molecule has 2 amide bonds. The molecule has 2 aromatic rings. The SMILES string of the molecule is C=CC(=O)N1C(C)(C)CC(CC(O)(C2CC(C)(C)N(C(=O)C=C)C(C)(C)C2)C(O)(Cc2cc(C(C)(C)C)c(O)c(C(C)(C)C)c2)Cc2cc(C(C)(C)C)c(O)c(C(C)(C)C)c2)CC1(C)C. The van der Waals surface area contributed by atoms with Gasteiger partial charge in [0, 0.05) is 35.0 Å². The number of amides is 2. The van der Waals surface area contributed by atoms with Crippen LogP contribution in [0.4, 0.5) is 0 Å². The third kappa shape index (κ3) is 10.7. The number of aliphatic hydroxyl groups is 2. The van der Waals surface area contributed by atoms with Gasteiger partial charge in [0.15, 0.2) is 0 Å². The van der Waals surface area contributed by atoms with Gasteiger partial charge in [0.05, 0.1) is 5.60 Å². The van der Waals surface area contributed by atoms with Crippen molar-refractivity contribution >= 4 is 11.8 Å². The number of phenols is 2. The second-order valence-electron chi connectivity index (χ2n) is 27.0. The van der Waals surface area contributed by atoms with E-state index in [-0.39, 0.29) is 48.5 Å². The summed E-state index contributed by atoms with van der Waals surface area (Å²) in [6.07, 6.45) is 5.06. The van der Waals surface area contributed by atoms with E-state index in [9.17, 15) is 30.0 Å². The van der Waals surface area contributed by atoms with Gasteiger partial charge < -0.3 is 30.2 Å². The second kappa shape index (κ2) is 17.2. The molecule has 0 radical (unpaired) electrons. The number of rotatable bonds is 10. The molecule has 2 saturated heterocycles. The zero-order chi connectivity index (χ0) is 50.3. The van der Waals surface area contributed by atoms with Crippen LogP contribution in [0.3, 0.4) is 0 Å². The summed E-state index contributed by atoms with van der Waals surface area (Å²) in [6, 6.07) is 8.05. The fourth-order valence-electron chi connectivity index (χ4n) is 12.7. The maximum absolute atomic E-state index is 14.6. The quantitative estimate of drug-likeness (QED) is 0.176. The highest BCUT2D eigenvalue weighted by Crippen LogP contribution is 2.55. The smallest absolute Gasteiger partial charge is 0.246 e. The number of carbonyl (C=O) groups excluding carboxylic acids is 2. The zero-order valence-electron chi connectivity index (χ0n) is 44.5. The first-order chi connectivity index (χ1) is 29.0. The van der Waals surface area contributed by atoms with Gasteiger partial charge >= 0.3 is 0 Å². The van der Waals surface area contributed by atoms with Gasteiger partial charge in [-0.25, -0.2) is 0 Å². The number of hydrogen-bond donors (Lipinski definition) is 4. The lowest BCUT2D eigenvalue weighted by atomic mass is 9.56. The fourth-order valence-corrected chi connectivity index (χ4v) is 12.7. The highest BCUT2D eigenvalue weighted by molar-refractivity contribution is 5.89. The molecule has 8 nitrogen and oxygen atoms in total. The van der Waals surface area contributed by atoms with Crippen LogP contribution in [-0.4, -0.2) is 75.4 Å². The number of likely N-dealkylation sites (tertiary alicyclic amines) is 2. The Hall–Kier alpha value is -3.62. The Kier molecular flexibility index (Phi) is 14.3. The third-order valence-electron chi connectivity index (χ3n) is 14.9. The minimum Gasteiger partial charge on any atom is -0.507 e. The van der Waals surface area contributed by atoms with Gasteiger partial charge in [-0.2, -0.15) is 0 Å². The van der Waals surface area contributed by atoms with E-state index < -0.39 is 60.9 Å². The van der Waals surface area contributed by atoms with E-state index in [4.69, 9.17) is 0 Å². The summed E-state index contributed by atoms with van der Waals surface area (Å²) in [5, 5.41) is 52.9. The van der Waals surface area contributed by atoms with Gasteiger partial charge in [-0.15, -0.1) is 0 Å².